The van der Waals surface area contributed by atoms with Gasteiger partial charge in [0.2, 0.25) is 5.89 Å². The van der Waals surface area contributed by atoms with Crippen molar-refractivity contribution in [1.29, 1.82) is 0 Å². The first-order valence-corrected chi connectivity index (χ1v) is 6.23. The van der Waals surface area contributed by atoms with E-state index in [0.717, 1.165) is 16.7 Å². The molecule has 0 aliphatic carbocycles. The van der Waals surface area contributed by atoms with Crippen LogP contribution in [0.5, 0.6) is 0 Å². The van der Waals surface area contributed by atoms with Crippen LogP contribution >= 0.6 is 0 Å². The van der Waals surface area contributed by atoms with Crippen molar-refractivity contribution in [1.82, 2.24) is 15.3 Å². The highest BCUT2D eigenvalue weighted by Gasteiger charge is 2.08. The summed E-state index contributed by atoms with van der Waals surface area (Å²) in [6.45, 7) is 2.69. The SMILES string of the molecule is CNCc1nc2ncc(-c3cccc(C)c3)cc2o1. The van der Waals surface area contributed by atoms with Gasteiger partial charge in [-0.25, -0.2) is 4.98 Å². The molecule has 0 amide bonds. The van der Waals surface area contributed by atoms with Gasteiger partial charge in [-0.15, -0.1) is 0 Å². The second-order valence-corrected chi connectivity index (χ2v) is 4.55. The summed E-state index contributed by atoms with van der Waals surface area (Å²) in [5.74, 6) is 0.659. The quantitative estimate of drug-likeness (QED) is 0.779. The lowest BCUT2D eigenvalue weighted by Gasteiger charge is -2.01. The van der Waals surface area contributed by atoms with Crippen LogP contribution in [0, 0.1) is 6.92 Å². The minimum atomic E-state index is 0.607. The van der Waals surface area contributed by atoms with Crippen LogP contribution in [-0.2, 0) is 6.54 Å². The standard InChI is InChI=1S/C15H15N3O/c1-10-4-3-5-11(6-10)12-7-13-15(17-8-12)18-14(19-13)9-16-2/h3-8,16H,9H2,1-2H3. The molecule has 0 radical (unpaired) electrons. The molecule has 0 unspecified atom stereocenters. The topological polar surface area (TPSA) is 51.0 Å². The summed E-state index contributed by atoms with van der Waals surface area (Å²) >= 11 is 0. The molecule has 0 aliphatic heterocycles. The van der Waals surface area contributed by atoms with Crippen molar-refractivity contribution in [3.63, 3.8) is 0 Å². The van der Waals surface area contributed by atoms with E-state index < -0.39 is 0 Å². The minimum absolute atomic E-state index is 0.607. The third-order valence-electron chi connectivity index (χ3n) is 2.97. The summed E-state index contributed by atoms with van der Waals surface area (Å²) in [4.78, 5) is 8.67. The maximum Gasteiger partial charge on any atom is 0.211 e. The summed E-state index contributed by atoms with van der Waals surface area (Å²) in [6, 6.07) is 10.3. The van der Waals surface area contributed by atoms with E-state index in [1.165, 1.54) is 5.56 Å². The zero-order valence-electron chi connectivity index (χ0n) is 11.0. The molecular formula is C15H15N3O. The van der Waals surface area contributed by atoms with Gasteiger partial charge >= 0.3 is 0 Å². The average Bonchev–Trinajstić information content (AvgIpc) is 2.80. The Morgan fingerprint density at radius 3 is 2.89 bits per heavy atom. The van der Waals surface area contributed by atoms with Crippen LogP contribution in [0.1, 0.15) is 11.5 Å². The predicted octanol–water partition coefficient (Wildman–Crippen LogP) is 2.92. The molecular weight excluding hydrogens is 238 g/mol. The van der Waals surface area contributed by atoms with Crippen molar-refractivity contribution in [3.8, 4) is 11.1 Å². The summed E-state index contributed by atoms with van der Waals surface area (Å²) in [5.41, 5.74) is 4.79. The van der Waals surface area contributed by atoms with Crippen molar-refractivity contribution < 1.29 is 4.42 Å². The Labute approximate surface area is 111 Å². The first-order valence-electron chi connectivity index (χ1n) is 6.23. The fourth-order valence-electron chi connectivity index (χ4n) is 2.07. The minimum Gasteiger partial charge on any atom is -0.438 e. The average molecular weight is 253 g/mol. The number of hydrogen-bond acceptors (Lipinski definition) is 4. The lowest BCUT2D eigenvalue weighted by molar-refractivity contribution is 0.511. The summed E-state index contributed by atoms with van der Waals surface area (Å²) in [7, 11) is 1.86. The van der Waals surface area contributed by atoms with Gasteiger partial charge in [-0.2, -0.15) is 4.98 Å². The second-order valence-electron chi connectivity index (χ2n) is 4.55. The lowest BCUT2D eigenvalue weighted by Crippen LogP contribution is -2.04. The van der Waals surface area contributed by atoms with E-state index in [0.29, 0.717) is 18.1 Å². The van der Waals surface area contributed by atoms with Gasteiger partial charge in [-0.05, 0) is 25.6 Å². The smallest absolute Gasteiger partial charge is 0.211 e. The highest BCUT2D eigenvalue weighted by atomic mass is 16.3. The van der Waals surface area contributed by atoms with Crippen LogP contribution in [0.3, 0.4) is 0 Å². The molecule has 1 N–H and O–H groups in total. The van der Waals surface area contributed by atoms with Crippen molar-refractivity contribution in [2.75, 3.05) is 7.05 Å². The van der Waals surface area contributed by atoms with Crippen molar-refractivity contribution in [2.45, 2.75) is 13.5 Å². The van der Waals surface area contributed by atoms with E-state index in [-0.39, 0.29) is 0 Å². The molecule has 2 heterocycles. The summed E-state index contributed by atoms with van der Waals surface area (Å²) < 4.78 is 5.66. The van der Waals surface area contributed by atoms with Gasteiger partial charge in [0.15, 0.2) is 11.2 Å². The number of pyridine rings is 1. The predicted molar refractivity (Wildman–Crippen MR) is 74.7 cm³/mol. The number of rotatable bonds is 3. The maximum atomic E-state index is 5.66. The molecule has 96 valence electrons. The molecule has 0 saturated heterocycles. The number of aryl methyl sites for hydroxylation is 1. The van der Waals surface area contributed by atoms with Crippen LogP contribution in [-0.4, -0.2) is 17.0 Å². The molecule has 0 spiro atoms. The normalized spacial score (nSPS) is 11.1. The Morgan fingerprint density at radius 2 is 2.11 bits per heavy atom. The van der Waals surface area contributed by atoms with Gasteiger partial charge in [-0.1, -0.05) is 29.8 Å². The number of oxazole rings is 1. The van der Waals surface area contributed by atoms with E-state index >= 15 is 0 Å². The summed E-state index contributed by atoms with van der Waals surface area (Å²) in [5, 5.41) is 3.01. The highest BCUT2D eigenvalue weighted by Crippen LogP contribution is 2.23. The fourth-order valence-corrected chi connectivity index (χ4v) is 2.07. The van der Waals surface area contributed by atoms with Gasteiger partial charge in [0, 0.05) is 11.8 Å². The Kier molecular flexibility index (Phi) is 3.01. The molecule has 0 aliphatic rings. The van der Waals surface area contributed by atoms with Crippen LogP contribution in [0.15, 0.2) is 40.9 Å². The van der Waals surface area contributed by atoms with E-state index in [2.05, 4.69) is 40.4 Å². The molecule has 2 aromatic heterocycles. The Balaban J connectivity index is 2.05. The van der Waals surface area contributed by atoms with Crippen molar-refractivity contribution in [3.05, 3.63) is 48.0 Å². The largest absolute Gasteiger partial charge is 0.438 e. The third-order valence-corrected chi connectivity index (χ3v) is 2.97. The molecule has 0 bridgehead atoms. The molecule has 1 aromatic carbocycles. The number of benzene rings is 1. The van der Waals surface area contributed by atoms with E-state index in [4.69, 9.17) is 4.42 Å². The molecule has 4 nitrogen and oxygen atoms in total. The van der Waals surface area contributed by atoms with Crippen molar-refractivity contribution >= 4 is 11.2 Å². The Morgan fingerprint density at radius 1 is 1.21 bits per heavy atom. The molecule has 4 heteroatoms. The zero-order chi connectivity index (χ0) is 13.2. The van der Waals surface area contributed by atoms with Crippen LogP contribution in [0.4, 0.5) is 0 Å². The fraction of sp³-hybridized carbons (Fsp3) is 0.200. The Bertz CT molecular complexity index is 718. The number of aromatic nitrogens is 2. The van der Waals surface area contributed by atoms with Gasteiger partial charge in [-0.3, -0.25) is 0 Å². The molecule has 3 rings (SSSR count). The maximum absolute atomic E-state index is 5.66. The van der Waals surface area contributed by atoms with Gasteiger partial charge in [0.1, 0.15) is 0 Å². The highest BCUT2D eigenvalue weighted by molar-refractivity contribution is 5.76. The molecule has 0 atom stereocenters. The Hall–Kier alpha value is -2.20. The molecule has 0 fully saturated rings. The van der Waals surface area contributed by atoms with E-state index in [9.17, 15) is 0 Å². The van der Waals surface area contributed by atoms with Crippen LogP contribution in [0.2, 0.25) is 0 Å². The lowest BCUT2D eigenvalue weighted by atomic mass is 10.1. The molecule has 3 aromatic rings. The number of hydrogen-bond donors (Lipinski definition) is 1. The molecule has 19 heavy (non-hydrogen) atoms. The van der Waals surface area contributed by atoms with Crippen LogP contribution < -0.4 is 5.32 Å². The van der Waals surface area contributed by atoms with Gasteiger partial charge in [0.05, 0.1) is 6.54 Å². The van der Waals surface area contributed by atoms with E-state index in [1.807, 2.05) is 25.4 Å². The molecule has 0 saturated carbocycles. The second kappa shape index (κ2) is 4.82. The van der Waals surface area contributed by atoms with Gasteiger partial charge < -0.3 is 9.73 Å². The first-order chi connectivity index (χ1) is 9.26. The number of fused-ring (bicyclic) bond motifs is 1. The van der Waals surface area contributed by atoms with Crippen molar-refractivity contribution in [2.24, 2.45) is 0 Å². The monoisotopic (exact) mass is 253 g/mol. The zero-order valence-corrected chi connectivity index (χ0v) is 11.0. The van der Waals surface area contributed by atoms with E-state index in [1.54, 1.807) is 0 Å². The third kappa shape index (κ3) is 2.35. The van der Waals surface area contributed by atoms with Gasteiger partial charge in [0.25, 0.3) is 0 Å². The van der Waals surface area contributed by atoms with Crippen LogP contribution in [0.25, 0.3) is 22.4 Å². The summed E-state index contributed by atoms with van der Waals surface area (Å²) in [6.07, 6.45) is 1.84. The number of nitrogens with zero attached hydrogens (tertiary/aromatic N) is 2. The first kappa shape index (κ1) is 11.9. The number of nitrogens with one attached hydrogen (secondary N) is 1.